The minimum atomic E-state index is -0.103. The van der Waals surface area contributed by atoms with E-state index in [4.69, 9.17) is 0 Å². The fraction of sp³-hybridized carbons (Fsp3) is 0.211. The summed E-state index contributed by atoms with van der Waals surface area (Å²) in [4.78, 5) is 16.0. The first-order valence-corrected chi connectivity index (χ1v) is 7.95. The third-order valence-electron chi connectivity index (χ3n) is 4.03. The quantitative estimate of drug-likeness (QED) is 0.786. The summed E-state index contributed by atoms with van der Waals surface area (Å²) in [6.45, 7) is 4.63. The number of pyridine rings is 1. The predicted octanol–water partition coefficient (Wildman–Crippen LogP) is 2.86. The Morgan fingerprint density at radius 3 is 2.62 bits per heavy atom. The zero-order valence-corrected chi connectivity index (χ0v) is 13.9. The first-order chi connectivity index (χ1) is 11.7. The summed E-state index contributed by atoms with van der Waals surface area (Å²) in [5.41, 5.74) is 4.89. The number of hydrogen-bond acceptors (Lipinski definition) is 3. The molecular weight excluding hydrogens is 300 g/mol. The van der Waals surface area contributed by atoms with Crippen molar-refractivity contribution in [2.45, 2.75) is 20.3 Å². The number of nitrogens with one attached hydrogen (secondary N) is 1. The van der Waals surface area contributed by atoms with Gasteiger partial charge >= 0.3 is 0 Å². The van der Waals surface area contributed by atoms with Crippen LogP contribution >= 0.6 is 0 Å². The second-order valence-corrected chi connectivity index (χ2v) is 5.64. The van der Waals surface area contributed by atoms with Crippen LogP contribution in [0.5, 0.6) is 0 Å². The molecule has 0 atom stereocenters. The molecule has 0 saturated carbocycles. The van der Waals surface area contributed by atoms with Crippen LogP contribution in [0.4, 0.5) is 0 Å². The smallest absolute Gasteiger partial charge is 0.252 e. The molecule has 5 heteroatoms. The van der Waals surface area contributed by atoms with Gasteiger partial charge in [0.15, 0.2) is 0 Å². The molecule has 0 radical (unpaired) electrons. The minimum absolute atomic E-state index is 0.103. The van der Waals surface area contributed by atoms with Crippen LogP contribution in [0.1, 0.15) is 27.3 Å². The summed E-state index contributed by atoms with van der Waals surface area (Å²) >= 11 is 0. The fourth-order valence-electron chi connectivity index (χ4n) is 2.76. The second kappa shape index (κ2) is 7.08. The van der Waals surface area contributed by atoms with Gasteiger partial charge in [0.2, 0.25) is 0 Å². The van der Waals surface area contributed by atoms with Gasteiger partial charge in [-0.3, -0.25) is 9.78 Å². The topological polar surface area (TPSA) is 59.8 Å². The molecule has 1 N–H and O–H groups in total. The number of carbonyl (C=O) groups excluding carboxylic acids is 1. The molecule has 0 aliphatic rings. The van der Waals surface area contributed by atoms with Crippen molar-refractivity contribution in [1.29, 1.82) is 0 Å². The number of aromatic nitrogens is 3. The molecule has 0 unspecified atom stereocenters. The van der Waals surface area contributed by atoms with Gasteiger partial charge in [0, 0.05) is 24.6 Å². The summed E-state index contributed by atoms with van der Waals surface area (Å²) < 4.78 is 1.95. The summed E-state index contributed by atoms with van der Waals surface area (Å²) in [6, 6.07) is 13.6. The monoisotopic (exact) mass is 320 g/mol. The molecule has 3 aromatic rings. The van der Waals surface area contributed by atoms with E-state index in [1.54, 1.807) is 24.5 Å². The second-order valence-electron chi connectivity index (χ2n) is 5.64. The van der Waals surface area contributed by atoms with Crippen molar-refractivity contribution >= 4 is 5.91 Å². The molecule has 0 bridgehead atoms. The van der Waals surface area contributed by atoms with E-state index in [9.17, 15) is 4.79 Å². The van der Waals surface area contributed by atoms with Gasteiger partial charge in [0.05, 0.1) is 16.9 Å². The van der Waals surface area contributed by atoms with Gasteiger partial charge in [0.25, 0.3) is 5.91 Å². The maximum absolute atomic E-state index is 12.1. The number of carbonyl (C=O) groups is 1. The highest BCUT2D eigenvalue weighted by molar-refractivity contribution is 5.93. The summed E-state index contributed by atoms with van der Waals surface area (Å²) in [5, 5.41) is 7.57. The minimum Gasteiger partial charge on any atom is -0.352 e. The lowest BCUT2D eigenvalue weighted by Gasteiger charge is -2.07. The zero-order chi connectivity index (χ0) is 16.9. The number of benzene rings is 1. The van der Waals surface area contributed by atoms with Crippen molar-refractivity contribution in [2.24, 2.45) is 0 Å². The van der Waals surface area contributed by atoms with Gasteiger partial charge in [-0.2, -0.15) is 5.10 Å². The lowest BCUT2D eigenvalue weighted by Crippen LogP contribution is -2.26. The molecule has 3 rings (SSSR count). The molecule has 1 aromatic carbocycles. The van der Waals surface area contributed by atoms with Crippen LogP contribution in [-0.4, -0.2) is 27.2 Å². The highest BCUT2D eigenvalue weighted by atomic mass is 16.1. The molecule has 2 aromatic heterocycles. The van der Waals surface area contributed by atoms with E-state index in [1.807, 2.05) is 41.9 Å². The zero-order valence-electron chi connectivity index (χ0n) is 13.9. The van der Waals surface area contributed by atoms with Gasteiger partial charge in [-0.15, -0.1) is 0 Å². The molecule has 0 aliphatic carbocycles. The average molecular weight is 320 g/mol. The van der Waals surface area contributed by atoms with Crippen molar-refractivity contribution in [1.82, 2.24) is 20.1 Å². The number of nitrogens with zero attached hydrogens (tertiary/aromatic N) is 3. The molecule has 24 heavy (non-hydrogen) atoms. The molecule has 5 nitrogen and oxygen atoms in total. The van der Waals surface area contributed by atoms with Crippen molar-refractivity contribution in [3.63, 3.8) is 0 Å². The highest BCUT2D eigenvalue weighted by Crippen LogP contribution is 2.18. The fourth-order valence-corrected chi connectivity index (χ4v) is 2.76. The normalized spacial score (nSPS) is 10.6. The van der Waals surface area contributed by atoms with Gasteiger partial charge in [-0.05, 0) is 50.1 Å². The van der Waals surface area contributed by atoms with Crippen molar-refractivity contribution in [3.8, 4) is 5.69 Å². The van der Waals surface area contributed by atoms with Crippen molar-refractivity contribution < 1.29 is 4.79 Å². The molecule has 1 amide bonds. The third-order valence-corrected chi connectivity index (χ3v) is 4.03. The van der Waals surface area contributed by atoms with E-state index in [1.165, 1.54) is 5.56 Å². The van der Waals surface area contributed by atoms with Gasteiger partial charge in [-0.25, -0.2) is 4.68 Å². The van der Waals surface area contributed by atoms with Crippen molar-refractivity contribution in [3.05, 3.63) is 77.4 Å². The van der Waals surface area contributed by atoms with E-state index in [0.29, 0.717) is 12.1 Å². The van der Waals surface area contributed by atoms with E-state index >= 15 is 0 Å². The van der Waals surface area contributed by atoms with Crippen LogP contribution in [0.25, 0.3) is 5.69 Å². The van der Waals surface area contributed by atoms with E-state index in [0.717, 1.165) is 23.5 Å². The van der Waals surface area contributed by atoms with Crippen LogP contribution in [0, 0.1) is 13.8 Å². The van der Waals surface area contributed by atoms with Crippen molar-refractivity contribution in [2.75, 3.05) is 6.54 Å². The van der Waals surface area contributed by atoms with Gasteiger partial charge < -0.3 is 5.32 Å². The van der Waals surface area contributed by atoms with Crippen LogP contribution in [0.15, 0.2) is 54.9 Å². The largest absolute Gasteiger partial charge is 0.352 e. The van der Waals surface area contributed by atoms with Gasteiger partial charge in [0.1, 0.15) is 0 Å². The lowest BCUT2D eigenvalue weighted by molar-refractivity contribution is 0.0953. The number of aryl methyl sites for hydroxylation is 1. The molecule has 122 valence electrons. The van der Waals surface area contributed by atoms with E-state index in [2.05, 4.69) is 22.3 Å². The Morgan fingerprint density at radius 1 is 1.12 bits per heavy atom. The Kier molecular flexibility index (Phi) is 4.70. The maximum Gasteiger partial charge on any atom is 0.252 e. The number of para-hydroxylation sites is 1. The summed E-state index contributed by atoms with van der Waals surface area (Å²) in [5.74, 6) is -0.103. The molecule has 0 spiro atoms. The summed E-state index contributed by atoms with van der Waals surface area (Å²) in [7, 11) is 0. The molecular formula is C19H20N4O. The van der Waals surface area contributed by atoms with E-state index < -0.39 is 0 Å². The number of hydrogen-bond donors (Lipinski definition) is 1. The molecule has 2 heterocycles. The van der Waals surface area contributed by atoms with E-state index in [-0.39, 0.29) is 5.91 Å². The first kappa shape index (κ1) is 15.9. The Labute approximate surface area is 141 Å². The van der Waals surface area contributed by atoms with Crippen LogP contribution < -0.4 is 5.32 Å². The molecule has 0 aliphatic heterocycles. The van der Waals surface area contributed by atoms with Crippen LogP contribution in [0.3, 0.4) is 0 Å². The number of amides is 1. The Bertz CT molecular complexity index is 825. The first-order valence-electron chi connectivity index (χ1n) is 7.95. The number of rotatable bonds is 5. The maximum atomic E-state index is 12.1. The average Bonchev–Trinajstić information content (AvgIpc) is 2.91. The molecule has 0 fully saturated rings. The Hall–Kier alpha value is -2.95. The van der Waals surface area contributed by atoms with Crippen LogP contribution in [-0.2, 0) is 6.42 Å². The summed E-state index contributed by atoms with van der Waals surface area (Å²) in [6.07, 6.45) is 3.97. The molecule has 0 saturated heterocycles. The SMILES string of the molecule is Cc1nn(-c2ccccc2)c(C)c1CCNC(=O)c1cccnc1. The standard InChI is InChI=1S/C19H20N4O/c1-14-18(10-12-21-19(24)16-7-6-11-20-13-16)15(2)23(22-14)17-8-4-3-5-9-17/h3-9,11,13H,10,12H2,1-2H3,(H,21,24). The Balaban J connectivity index is 1.68. The van der Waals surface area contributed by atoms with Crippen LogP contribution in [0.2, 0.25) is 0 Å². The Morgan fingerprint density at radius 2 is 1.92 bits per heavy atom. The predicted molar refractivity (Wildman–Crippen MR) is 93.3 cm³/mol. The third kappa shape index (κ3) is 3.35. The lowest BCUT2D eigenvalue weighted by atomic mass is 10.1. The van der Waals surface area contributed by atoms with Gasteiger partial charge in [-0.1, -0.05) is 18.2 Å². The highest BCUT2D eigenvalue weighted by Gasteiger charge is 2.13.